The summed E-state index contributed by atoms with van der Waals surface area (Å²) in [6, 6.07) is 7.56. The van der Waals surface area contributed by atoms with Gasteiger partial charge in [-0.1, -0.05) is 17.7 Å². The molecule has 2 N–H and O–H groups in total. The van der Waals surface area contributed by atoms with Crippen molar-refractivity contribution in [3.63, 3.8) is 0 Å². The van der Waals surface area contributed by atoms with Gasteiger partial charge in [-0.15, -0.1) is 0 Å². The van der Waals surface area contributed by atoms with Crippen molar-refractivity contribution in [3.8, 4) is 11.5 Å². The van der Waals surface area contributed by atoms with Crippen LogP contribution >= 0.6 is 11.6 Å². The van der Waals surface area contributed by atoms with Gasteiger partial charge in [-0.3, -0.25) is 9.59 Å². The Labute approximate surface area is 160 Å². The third-order valence-corrected chi connectivity index (χ3v) is 4.06. The van der Waals surface area contributed by atoms with E-state index in [1.807, 2.05) is 6.92 Å². The van der Waals surface area contributed by atoms with Crippen LogP contribution in [-0.4, -0.2) is 30.7 Å². The zero-order valence-electron chi connectivity index (χ0n) is 14.8. The second kappa shape index (κ2) is 9.23. The normalized spacial score (nSPS) is 11.6. The minimum absolute atomic E-state index is 0.0876. The second-order valence-corrected chi connectivity index (χ2v) is 6.00. The number of aliphatic carboxylic acids is 1. The lowest BCUT2D eigenvalue weighted by Gasteiger charge is -2.18. The fraction of sp³-hybridized carbons (Fsp3) is 0.263. The number of amides is 1. The molecule has 1 amide bonds. The van der Waals surface area contributed by atoms with Gasteiger partial charge in [0, 0.05) is 5.56 Å². The van der Waals surface area contributed by atoms with Crippen molar-refractivity contribution in [2.45, 2.75) is 19.4 Å². The molecule has 0 spiro atoms. The molecule has 0 saturated heterocycles. The third-order valence-electron chi connectivity index (χ3n) is 3.76. The summed E-state index contributed by atoms with van der Waals surface area (Å²) in [5.74, 6) is -1.50. The summed E-state index contributed by atoms with van der Waals surface area (Å²) in [6.07, 6.45) is -0.416. The number of carbonyl (C=O) groups excluding carboxylic acids is 1. The number of halogens is 2. The SMILES string of the molecule is CCOc1ccc(C(=O)NC(CC(=O)O)c2ccc(Cl)c(F)c2)cc1OC. The molecule has 2 aromatic rings. The molecule has 27 heavy (non-hydrogen) atoms. The van der Waals surface area contributed by atoms with Gasteiger partial charge in [0.25, 0.3) is 5.91 Å². The molecule has 1 atom stereocenters. The van der Waals surface area contributed by atoms with Crippen molar-refractivity contribution < 1.29 is 28.6 Å². The number of carbonyl (C=O) groups is 2. The average molecular weight is 396 g/mol. The van der Waals surface area contributed by atoms with Crippen LogP contribution in [0.15, 0.2) is 36.4 Å². The number of ether oxygens (including phenoxy) is 2. The molecule has 0 aliphatic carbocycles. The van der Waals surface area contributed by atoms with Gasteiger partial charge < -0.3 is 19.9 Å². The molecular formula is C19H19ClFNO5. The molecule has 0 saturated carbocycles. The van der Waals surface area contributed by atoms with Crippen LogP contribution in [0.5, 0.6) is 11.5 Å². The zero-order valence-corrected chi connectivity index (χ0v) is 15.5. The number of carboxylic acid groups (broad SMARTS) is 1. The van der Waals surface area contributed by atoms with E-state index < -0.39 is 30.2 Å². The first-order valence-corrected chi connectivity index (χ1v) is 8.52. The molecule has 6 nitrogen and oxygen atoms in total. The van der Waals surface area contributed by atoms with Crippen LogP contribution in [0.2, 0.25) is 5.02 Å². The van der Waals surface area contributed by atoms with E-state index in [1.54, 1.807) is 6.07 Å². The minimum Gasteiger partial charge on any atom is -0.493 e. The van der Waals surface area contributed by atoms with E-state index >= 15 is 0 Å². The van der Waals surface area contributed by atoms with Gasteiger partial charge in [0.2, 0.25) is 0 Å². The van der Waals surface area contributed by atoms with Crippen molar-refractivity contribution >= 4 is 23.5 Å². The van der Waals surface area contributed by atoms with Crippen LogP contribution in [0.3, 0.4) is 0 Å². The Morgan fingerprint density at radius 2 is 1.96 bits per heavy atom. The number of nitrogens with one attached hydrogen (secondary N) is 1. The molecular weight excluding hydrogens is 377 g/mol. The van der Waals surface area contributed by atoms with E-state index in [0.29, 0.717) is 23.7 Å². The third kappa shape index (κ3) is 5.34. The van der Waals surface area contributed by atoms with Crippen molar-refractivity contribution in [3.05, 3.63) is 58.4 Å². The Bertz CT molecular complexity index is 843. The standard InChI is InChI=1S/C19H19ClFNO5/c1-3-27-16-7-5-12(9-17(16)26-2)19(25)22-15(10-18(23)24)11-4-6-13(20)14(21)8-11/h4-9,15H,3,10H2,1-2H3,(H,22,25)(H,23,24). The first-order chi connectivity index (χ1) is 12.8. The van der Waals surface area contributed by atoms with E-state index in [1.165, 1.54) is 31.4 Å². The number of benzene rings is 2. The quantitative estimate of drug-likeness (QED) is 0.709. The lowest BCUT2D eigenvalue weighted by molar-refractivity contribution is -0.137. The topological polar surface area (TPSA) is 84.9 Å². The molecule has 0 aliphatic heterocycles. The van der Waals surface area contributed by atoms with Gasteiger partial charge >= 0.3 is 5.97 Å². The Morgan fingerprint density at radius 3 is 2.56 bits per heavy atom. The molecule has 2 aromatic carbocycles. The Balaban J connectivity index is 2.27. The van der Waals surface area contributed by atoms with Crippen LogP contribution in [0.25, 0.3) is 0 Å². The maximum Gasteiger partial charge on any atom is 0.305 e. The summed E-state index contributed by atoms with van der Waals surface area (Å²) in [4.78, 5) is 23.7. The zero-order chi connectivity index (χ0) is 20.0. The molecule has 1 unspecified atom stereocenters. The Morgan fingerprint density at radius 1 is 1.22 bits per heavy atom. The van der Waals surface area contributed by atoms with Crippen molar-refractivity contribution in [1.29, 1.82) is 0 Å². The highest BCUT2D eigenvalue weighted by Crippen LogP contribution is 2.29. The first-order valence-electron chi connectivity index (χ1n) is 8.14. The fourth-order valence-electron chi connectivity index (χ4n) is 2.48. The van der Waals surface area contributed by atoms with Crippen molar-refractivity contribution in [2.75, 3.05) is 13.7 Å². The average Bonchev–Trinajstić information content (AvgIpc) is 2.63. The first kappa shape index (κ1) is 20.5. The number of carboxylic acids is 1. The summed E-state index contributed by atoms with van der Waals surface area (Å²) >= 11 is 5.66. The van der Waals surface area contributed by atoms with Crippen LogP contribution in [0.1, 0.15) is 35.3 Å². The monoisotopic (exact) mass is 395 g/mol. The van der Waals surface area contributed by atoms with Gasteiger partial charge in [0.05, 0.1) is 31.2 Å². The van der Waals surface area contributed by atoms with Crippen LogP contribution in [0.4, 0.5) is 4.39 Å². The maximum atomic E-state index is 13.7. The molecule has 0 aromatic heterocycles. The van der Waals surface area contributed by atoms with Gasteiger partial charge in [-0.25, -0.2) is 4.39 Å². The molecule has 0 fully saturated rings. The van der Waals surface area contributed by atoms with Crippen LogP contribution in [0, 0.1) is 5.82 Å². The van der Waals surface area contributed by atoms with E-state index in [2.05, 4.69) is 5.32 Å². The lowest BCUT2D eigenvalue weighted by atomic mass is 10.0. The predicted molar refractivity (Wildman–Crippen MR) is 98.0 cm³/mol. The van der Waals surface area contributed by atoms with Crippen molar-refractivity contribution in [1.82, 2.24) is 5.32 Å². The Kier molecular flexibility index (Phi) is 7.01. The van der Waals surface area contributed by atoms with E-state index in [9.17, 15) is 14.0 Å². The summed E-state index contributed by atoms with van der Waals surface area (Å²) in [5, 5.41) is 11.6. The Hall–Kier alpha value is -2.80. The highest BCUT2D eigenvalue weighted by Gasteiger charge is 2.21. The predicted octanol–water partition coefficient (Wildman–Crippen LogP) is 3.83. The van der Waals surface area contributed by atoms with Crippen LogP contribution < -0.4 is 14.8 Å². The number of methoxy groups -OCH3 is 1. The summed E-state index contributed by atoms with van der Waals surface area (Å²) < 4.78 is 24.3. The molecule has 0 aliphatic rings. The smallest absolute Gasteiger partial charge is 0.305 e. The molecule has 8 heteroatoms. The number of hydrogen-bond acceptors (Lipinski definition) is 4. The van der Waals surface area contributed by atoms with E-state index in [0.717, 1.165) is 6.07 Å². The highest BCUT2D eigenvalue weighted by atomic mass is 35.5. The lowest BCUT2D eigenvalue weighted by Crippen LogP contribution is -2.30. The molecule has 0 heterocycles. The van der Waals surface area contributed by atoms with Gasteiger partial charge in [0.1, 0.15) is 5.82 Å². The van der Waals surface area contributed by atoms with Crippen molar-refractivity contribution in [2.24, 2.45) is 0 Å². The molecule has 144 valence electrons. The molecule has 0 radical (unpaired) electrons. The summed E-state index contributed by atoms with van der Waals surface area (Å²) in [5.41, 5.74) is 0.547. The van der Waals surface area contributed by atoms with E-state index in [-0.39, 0.29) is 10.6 Å². The van der Waals surface area contributed by atoms with Gasteiger partial charge in [0.15, 0.2) is 11.5 Å². The summed E-state index contributed by atoms with van der Waals surface area (Å²) in [7, 11) is 1.45. The maximum absolute atomic E-state index is 13.7. The summed E-state index contributed by atoms with van der Waals surface area (Å²) in [6.45, 7) is 2.26. The molecule has 2 rings (SSSR count). The second-order valence-electron chi connectivity index (χ2n) is 5.60. The number of rotatable bonds is 8. The van der Waals surface area contributed by atoms with E-state index in [4.69, 9.17) is 26.2 Å². The van der Waals surface area contributed by atoms with Gasteiger partial charge in [-0.05, 0) is 42.8 Å². The number of hydrogen-bond donors (Lipinski definition) is 2. The molecule has 0 bridgehead atoms. The largest absolute Gasteiger partial charge is 0.493 e. The van der Waals surface area contributed by atoms with Gasteiger partial charge in [-0.2, -0.15) is 0 Å². The minimum atomic E-state index is -1.14. The highest BCUT2D eigenvalue weighted by molar-refractivity contribution is 6.30. The van der Waals surface area contributed by atoms with Crippen LogP contribution in [-0.2, 0) is 4.79 Å². The fourth-order valence-corrected chi connectivity index (χ4v) is 2.60.